The van der Waals surface area contributed by atoms with Crippen LogP contribution in [0.4, 0.5) is 5.69 Å². The summed E-state index contributed by atoms with van der Waals surface area (Å²) in [5, 5.41) is 24.7. The number of hydrogen-bond acceptors (Lipinski definition) is 5. The predicted octanol–water partition coefficient (Wildman–Crippen LogP) is 2.13. The molecule has 7 nitrogen and oxygen atoms in total. The van der Waals surface area contributed by atoms with Crippen molar-refractivity contribution in [3.63, 3.8) is 0 Å². The summed E-state index contributed by atoms with van der Waals surface area (Å²) in [6, 6.07) is 5.95. The van der Waals surface area contributed by atoms with E-state index in [4.69, 9.17) is 0 Å². The molecule has 0 bridgehead atoms. The smallest absolute Gasteiger partial charge is 0.270 e. The molecule has 0 radical (unpaired) electrons. The van der Waals surface area contributed by atoms with Gasteiger partial charge in [-0.15, -0.1) is 0 Å². The Labute approximate surface area is 128 Å². The summed E-state index contributed by atoms with van der Waals surface area (Å²) < 4.78 is 0. The zero-order valence-corrected chi connectivity index (χ0v) is 12.2. The van der Waals surface area contributed by atoms with Crippen molar-refractivity contribution >= 4 is 17.8 Å². The van der Waals surface area contributed by atoms with Crippen LogP contribution >= 0.6 is 0 Å². The molecular weight excluding hydrogens is 286 g/mol. The maximum atomic E-state index is 11.8. The summed E-state index contributed by atoms with van der Waals surface area (Å²) >= 11 is 0. The molecule has 22 heavy (non-hydrogen) atoms. The number of aliphatic hydroxyl groups is 1. The molecule has 1 aliphatic carbocycles. The summed E-state index contributed by atoms with van der Waals surface area (Å²) in [6.45, 7) is 0. The van der Waals surface area contributed by atoms with Crippen LogP contribution in [0.1, 0.15) is 44.1 Å². The number of non-ortho nitro benzene ring substituents is 1. The highest BCUT2D eigenvalue weighted by molar-refractivity contribution is 5.83. The van der Waals surface area contributed by atoms with Gasteiger partial charge < -0.3 is 5.11 Å². The molecule has 7 heteroatoms. The van der Waals surface area contributed by atoms with Gasteiger partial charge >= 0.3 is 0 Å². The van der Waals surface area contributed by atoms with Crippen molar-refractivity contribution in [2.75, 3.05) is 0 Å². The quantitative estimate of drug-likeness (QED) is 0.494. The van der Waals surface area contributed by atoms with Gasteiger partial charge in [0, 0.05) is 17.7 Å². The number of benzene rings is 1. The van der Waals surface area contributed by atoms with Crippen molar-refractivity contribution < 1.29 is 14.8 Å². The minimum absolute atomic E-state index is 0.0271. The second-order valence-electron chi connectivity index (χ2n) is 5.61. The summed E-state index contributed by atoms with van der Waals surface area (Å²) in [4.78, 5) is 22.0. The molecule has 0 unspecified atom stereocenters. The normalized spacial score (nSPS) is 17.3. The van der Waals surface area contributed by atoms with Crippen LogP contribution < -0.4 is 5.43 Å². The van der Waals surface area contributed by atoms with E-state index in [-0.39, 0.29) is 18.0 Å². The Balaban J connectivity index is 1.87. The van der Waals surface area contributed by atoms with Crippen molar-refractivity contribution in [2.24, 2.45) is 5.10 Å². The Kier molecular flexibility index (Phi) is 5.21. The number of rotatable bonds is 5. The van der Waals surface area contributed by atoms with Gasteiger partial charge in [0.2, 0.25) is 5.91 Å². The highest BCUT2D eigenvalue weighted by atomic mass is 16.6. The number of amides is 1. The van der Waals surface area contributed by atoms with Gasteiger partial charge in [0.15, 0.2) is 0 Å². The molecule has 0 heterocycles. The maximum absolute atomic E-state index is 11.8. The van der Waals surface area contributed by atoms with E-state index in [1.807, 2.05) is 0 Å². The Morgan fingerprint density at radius 3 is 2.82 bits per heavy atom. The third-order valence-corrected chi connectivity index (χ3v) is 3.76. The summed E-state index contributed by atoms with van der Waals surface area (Å²) in [7, 11) is 0. The van der Waals surface area contributed by atoms with Gasteiger partial charge in [0.25, 0.3) is 5.69 Å². The molecular formula is C15H19N3O4. The lowest BCUT2D eigenvalue weighted by Gasteiger charge is -2.30. The number of nitrogens with one attached hydrogen (secondary N) is 1. The van der Waals surface area contributed by atoms with Gasteiger partial charge in [-0.2, -0.15) is 5.10 Å². The lowest BCUT2D eigenvalue weighted by Crippen LogP contribution is -2.37. The average molecular weight is 305 g/mol. The Morgan fingerprint density at radius 2 is 2.14 bits per heavy atom. The van der Waals surface area contributed by atoms with Crippen LogP contribution in [-0.4, -0.2) is 27.8 Å². The van der Waals surface area contributed by atoms with Gasteiger partial charge in [-0.05, 0) is 12.8 Å². The first-order valence-electron chi connectivity index (χ1n) is 7.27. The fourth-order valence-corrected chi connectivity index (χ4v) is 2.62. The first kappa shape index (κ1) is 16.1. The Bertz CT molecular complexity index is 580. The summed E-state index contributed by atoms with van der Waals surface area (Å²) in [5.41, 5.74) is 1.91. The number of carbonyl (C=O) groups excluding carboxylic acids is 1. The van der Waals surface area contributed by atoms with E-state index < -0.39 is 10.5 Å². The molecule has 0 aliphatic heterocycles. The molecule has 2 rings (SSSR count). The van der Waals surface area contributed by atoms with E-state index in [0.29, 0.717) is 18.4 Å². The topological polar surface area (TPSA) is 105 Å². The van der Waals surface area contributed by atoms with Gasteiger partial charge in [-0.3, -0.25) is 14.9 Å². The summed E-state index contributed by atoms with van der Waals surface area (Å²) in [6.07, 6.45) is 5.59. The van der Waals surface area contributed by atoms with Gasteiger partial charge in [-0.25, -0.2) is 5.43 Å². The molecule has 0 saturated heterocycles. The van der Waals surface area contributed by atoms with Gasteiger partial charge in [0.05, 0.1) is 23.2 Å². The van der Waals surface area contributed by atoms with Crippen LogP contribution in [0.2, 0.25) is 0 Å². The van der Waals surface area contributed by atoms with Crippen LogP contribution in [-0.2, 0) is 4.79 Å². The van der Waals surface area contributed by atoms with Crippen molar-refractivity contribution in [1.29, 1.82) is 0 Å². The molecule has 118 valence electrons. The van der Waals surface area contributed by atoms with E-state index in [1.54, 1.807) is 12.1 Å². The highest BCUT2D eigenvalue weighted by Gasteiger charge is 2.31. The number of hydrogen-bond donors (Lipinski definition) is 2. The highest BCUT2D eigenvalue weighted by Crippen LogP contribution is 2.30. The lowest BCUT2D eigenvalue weighted by atomic mass is 9.82. The van der Waals surface area contributed by atoms with E-state index in [9.17, 15) is 20.0 Å². The van der Waals surface area contributed by atoms with Crippen molar-refractivity contribution in [3.05, 3.63) is 39.9 Å². The maximum Gasteiger partial charge on any atom is 0.270 e. The predicted molar refractivity (Wildman–Crippen MR) is 81.5 cm³/mol. The average Bonchev–Trinajstić information content (AvgIpc) is 2.47. The lowest BCUT2D eigenvalue weighted by molar-refractivity contribution is -0.384. The SMILES string of the molecule is O=C(CC1(O)CCCCC1)NN=Cc1cccc([N+](=O)[O-])c1. The minimum atomic E-state index is -0.927. The first-order chi connectivity index (χ1) is 10.5. The molecule has 0 aromatic heterocycles. The zero-order valence-electron chi connectivity index (χ0n) is 12.2. The van der Waals surface area contributed by atoms with Crippen LogP contribution in [0, 0.1) is 10.1 Å². The monoisotopic (exact) mass is 305 g/mol. The van der Waals surface area contributed by atoms with Crippen molar-refractivity contribution in [1.82, 2.24) is 5.43 Å². The molecule has 1 amide bonds. The van der Waals surface area contributed by atoms with Crippen LogP contribution in [0.15, 0.2) is 29.4 Å². The van der Waals surface area contributed by atoms with Crippen LogP contribution in [0.3, 0.4) is 0 Å². The molecule has 0 spiro atoms. The summed E-state index contributed by atoms with van der Waals surface area (Å²) in [5.74, 6) is -0.355. The molecule has 2 N–H and O–H groups in total. The number of nitrogens with zero attached hydrogens (tertiary/aromatic N) is 2. The first-order valence-corrected chi connectivity index (χ1v) is 7.27. The zero-order chi connectivity index (χ0) is 16.0. The van der Waals surface area contributed by atoms with Gasteiger partial charge in [-0.1, -0.05) is 31.4 Å². The van der Waals surface area contributed by atoms with Gasteiger partial charge in [0.1, 0.15) is 0 Å². The molecule has 0 atom stereocenters. The minimum Gasteiger partial charge on any atom is -0.389 e. The van der Waals surface area contributed by atoms with E-state index in [0.717, 1.165) is 19.3 Å². The van der Waals surface area contributed by atoms with Crippen LogP contribution in [0.25, 0.3) is 0 Å². The molecule has 1 aromatic rings. The molecule has 1 fully saturated rings. The Hall–Kier alpha value is -2.28. The Morgan fingerprint density at radius 1 is 1.41 bits per heavy atom. The molecule has 1 aromatic carbocycles. The molecule has 1 aliphatic rings. The number of nitro groups is 1. The number of hydrazone groups is 1. The van der Waals surface area contributed by atoms with Crippen LogP contribution in [0.5, 0.6) is 0 Å². The standard InChI is InChI=1S/C15H19N3O4/c19-14(10-15(20)7-2-1-3-8-15)17-16-11-12-5-4-6-13(9-12)18(21)22/h4-6,9,11,20H,1-3,7-8,10H2,(H,17,19). The van der Waals surface area contributed by atoms with Crippen molar-refractivity contribution in [3.8, 4) is 0 Å². The fourth-order valence-electron chi connectivity index (χ4n) is 2.62. The second kappa shape index (κ2) is 7.13. The molecule has 1 saturated carbocycles. The largest absolute Gasteiger partial charge is 0.389 e. The van der Waals surface area contributed by atoms with E-state index >= 15 is 0 Å². The third-order valence-electron chi connectivity index (χ3n) is 3.76. The van der Waals surface area contributed by atoms with E-state index in [2.05, 4.69) is 10.5 Å². The third kappa shape index (κ3) is 4.63. The van der Waals surface area contributed by atoms with Crippen molar-refractivity contribution in [2.45, 2.75) is 44.1 Å². The number of nitro benzene ring substituents is 1. The van der Waals surface area contributed by atoms with E-state index in [1.165, 1.54) is 18.3 Å². The second-order valence-corrected chi connectivity index (χ2v) is 5.61. The number of carbonyl (C=O) groups is 1. The fraction of sp³-hybridized carbons (Fsp3) is 0.467.